The minimum atomic E-state index is -3.66. The van der Waals surface area contributed by atoms with E-state index >= 15 is 0 Å². The van der Waals surface area contributed by atoms with Crippen molar-refractivity contribution < 1.29 is 12.6 Å². The van der Waals surface area contributed by atoms with Crippen molar-refractivity contribution in [2.24, 2.45) is 0 Å². The molecule has 0 unspecified atom stereocenters. The van der Waals surface area contributed by atoms with E-state index in [2.05, 4.69) is 6.92 Å². The molecule has 0 heterocycles. The number of unbranched alkanes of at least 4 members (excludes halogenated alkanes) is 8. The SMILES string of the molecule is CCCCCCCCCCC=COS(=O)(=O)c1ccccc1.[Ca]. The maximum Gasteiger partial charge on any atom is 0.338 e. The van der Waals surface area contributed by atoms with Gasteiger partial charge in [0.15, 0.2) is 0 Å². The summed E-state index contributed by atoms with van der Waals surface area (Å²) >= 11 is 0. The molecule has 1 aromatic rings. The summed E-state index contributed by atoms with van der Waals surface area (Å²) in [6.07, 6.45) is 14.1. The smallest absolute Gasteiger partial charge is 0.338 e. The summed E-state index contributed by atoms with van der Waals surface area (Å²) < 4.78 is 28.5. The predicted molar refractivity (Wildman–Crippen MR) is 96.8 cm³/mol. The molecule has 1 aromatic carbocycles. The van der Waals surface area contributed by atoms with Crippen LogP contribution in [0.4, 0.5) is 0 Å². The van der Waals surface area contributed by atoms with Gasteiger partial charge in [-0.1, -0.05) is 70.1 Å². The Bertz CT molecular complexity index is 512. The number of hydrogen-bond donors (Lipinski definition) is 0. The van der Waals surface area contributed by atoms with Gasteiger partial charge < -0.3 is 4.18 Å². The fourth-order valence-electron chi connectivity index (χ4n) is 2.22. The van der Waals surface area contributed by atoms with Gasteiger partial charge in [-0.2, -0.15) is 8.42 Å². The third-order valence-electron chi connectivity index (χ3n) is 3.53. The quantitative estimate of drug-likeness (QED) is 0.225. The summed E-state index contributed by atoms with van der Waals surface area (Å²) in [5, 5.41) is 0. The minimum Gasteiger partial charge on any atom is -0.387 e. The summed E-state index contributed by atoms with van der Waals surface area (Å²) in [4.78, 5) is 0.187. The molecule has 0 spiro atoms. The summed E-state index contributed by atoms with van der Waals surface area (Å²) in [6, 6.07) is 8.20. The Balaban J connectivity index is 0.00000484. The normalized spacial score (nSPS) is 11.3. The largest absolute Gasteiger partial charge is 0.387 e. The predicted octanol–water partition coefficient (Wildman–Crippen LogP) is 5.06. The van der Waals surface area contributed by atoms with Crippen molar-refractivity contribution in [3.63, 3.8) is 0 Å². The maximum absolute atomic E-state index is 11.8. The van der Waals surface area contributed by atoms with Crippen molar-refractivity contribution in [2.75, 3.05) is 0 Å². The zero-order chi connectivity index (χ0) is 16.1. The van der Waals surface area contributed by atoms with Gasteiger partial charge in [0.1, 0.15) is 11.2 Å². The Morgan fingerprint density at radius 1 is 0.913 bits per heavy atom. The van der Waals surface area contributed by atoms with E-state index in [-0.39, 0.29) is 42.6 Å². The minimum absolute atomic E-state index is 0. The Morgan fingerprint density at radius 3 is 2.09 bits per heavy atom. The average molecular weight is 365 g/mol. The van der Waals surface area contributed by atoms with Crippen molar-refractivity contribution in [3.8, 4) is 0 Å². The van der Waals surface area contributed by atoms with Gasteiger partial charge in [-0.05, 0) is 31.1 Å². The van der Waals surface area contributed by atoms with Crippen molar-refractivity contribution >= 4 is 47.9 Å². The summed E-state index contributed by atoms with van der Waals surface area (Å²) in [7, 11) is -3.66. The van der Waals surface area contributed by atoms with Crippen LogP contribution in [0.2, 0.25) is 0 Å². The van der Waals surface area contributed by atoms with E-state index in [1.54, 1.807) is 24.3 Å². The Hall–Kier alpha value is -0.0303. The first-order valence-corrected chi connectivity index (χ1v) is 9.71. The Labute approximate surface area is 171 Å². The van der Waals surface area contributed by atoms with Crippen molar-refractivity contribution in [1.82, 2.24) is 0 Å². The van der Waals surface area contributed by atoms with Gasteiger partial charge in [-0.15, -0.1) is 0 Å². The van der Waals surface area contributed by atoms with Crippen LogP contribution >= 0.6 is 0 Å². The molecule has 1 rings (SSSR count). The van der Waals surface area contributed by atoms with Crippen LogP contribution in [-0.2, 0) is 14.3 Å². The molecule has 0 saturated carbocycles. The first-order valence-electron chi connectivity index (χ1n) is 8.30. The van der Waals surface area contributed by atoms with Crippen LogP contribution in [0.5, 0.6) is 0 Å². The molecule has 0 aliphatic rings. The monoisotopic (exact) mass is 364 g/mol. The molecule has 2 radical (unpaired) electrons. The molecule has 3 nitrogen and oxygen atoms in total. The van der Waals surface area contributed by atoms with Crippen LogP contribution in [0.1, 0.15) is 64.7 Å². The van der Waals surface area contributed by atoms with E-state index in [0.29, 0.717) is 0 Å². The van der Waals surface area contributed by atoms with Gasteiger partial charge in [0.25, 0.3) is 0 Å². The molecule has 0 amide bonds. The molecule has 0 N–H and O–H groups in total. The average Bonchev–Trinajstić information content (AvgIpc) is 2.53. The molecule has 0 bridgehead atoms. The molecule has 0 aliphatic heterocycles. The summed E-state index contributed by atoms with van der Waals surface area (Å²) in [5.41, 5.74) is 0. The van der Waals surface area contributed by atoms with Crippen molar-refractivity contribution in [3.05, 3.63) is 42.7 Å². The molecule has 0 saturated heterocycles. The number of benzene rings is 1. The summed E-state index contributed by atoms with van der Waals surface area (Å²) in [6.45, 7) is 2.23. The molecule has 23 heavy (non-hydrogen) atoms. The van der Waals surface area contributed by atoms with Gasteiger partial charge in [0.05, 0.1) is 0 Å². The molecule has 126 valence electrons. The van der Waals surface area contributed by atoms with Crippen molar-refractivity contribution in [1.29, 1.82) is 0 Å². The molecule has 0 aliphatic carbocycles. The number of rotatable bonds is 12. The molecule has 0 atom stereocenters. The fourth-order valence-corrected chi connectivity index (χ4v) is 3.05. The first-order chi connectivity index (χ1) is 10.7. The molecular weight excluding hydrogens is 336 g/mol. The second kappa shape index (κ2) is 14.3. The fraction of sp³-hybridized carbons (Fsp3) is 0.556. The van der Waals surface area contributed by atoms with E-state index in [1.165, 1.54) is 63.3 Å². The van der Waals surface area contributed by atoms with Gasteiger partial charge in [0, 0.05) is 37.7 Å². The van der Waals surface area contributed by atoms with E-state index in [1.807, 2.05) is 0 Å². The van der Waals surface area contributed by atoms with Gasteiger partial charge >= 0.3 is 10.1 Å². The van der Waals surface area contributed by atoms with E-state index in [4.69, 9.17) is 4.18 Å². The third kappa shape index (κ3) is 11.2. The van der Waals surface area contributed by atoms with Crippen LogP contribution in [0.3, 0.4) is 0 Å². The van der Waals surface area contributed by atoms with Crippen LogP contribution in [0.15, 0.2) is 47.6 Å². The van der Waals surface area contributed by atoms with Crippen molar-refractivity contribution in [2.45, 2.75) is 69.6 Å². The standard InChI is InChI=1S/C18H28O3S.Ca/c1-2-3-4-5-6-7-8-9-10-14-17-21-22(19,20)18-15-12-11-13-16-18;/h11-17H,2-10H2,1H3;. The number of hydrogen-bond acceptors (Lipinski definition) is 3. The van der Waals surface area contributed by atoms with Crippen LogP contribution in [-0.4, -0.2) is 46.2 Å². The Kier molecular flexibility index (Phi) is 14.3. The number of allylic oxidation sites excluding steroid dienone is 1. The maximum atomic E-state index is 11.8. The third-order valence-corrected chi connectivity index (χ3v) is 4.75. The summed E-state index contributed by atoms with van der Waals surface area (Å²) in [5.74, 6) is 0. The van der Waals surface area contributed by atoms with Gasteiger partial charge in [-0.3, -0.25) is 0 Å². The second-order valence-electron chi connectivity index (χ2n) is 5.50. The van der Waals surface area contributed by atoms with Gasteiger partial charge in [-0.25, -0.2) is 0 Å². The van der Waals surface area contributed by atoms with Crippen LogP contribution in [0, 0.1) is 0 Å². The molecular formula is C18H28CaO3S. The van der Waals surface area contributed by atoms with E-state index in [0.717, 1.165) is 12.8 Å². The Morgan fingerprint density at radius 2 is 1.48 bits per heavy atom. The first kappa shape index (κ1) is 23.0. The topological polar surface area (TPSA) is 43.4 Å². The molecule has 0 fully saturated rings. The molecule has 0 aromatic heterocycles. The van der Waals surface area contributed by atoms with Crippen LogP contribution in [0.25, 0.3) is 0 Å². The zero-order valence-corrected chi connectivity index (χ0v) is 17.3. The zero-order valence-electron chi connectivity index (χ0n) is 14.2. The van der Waals surface area contributed by atoms with Gasteiger partial charge in [0.2, 0.25) is 0 Å². The second-order valence-corrected chi connectivity index (χ2v) is 7.07. The molecule has 5 heteroatoms. The van der Waals surface area contributed by atoms with E-state index in [9.17, 15) is 8.42 Å². The van der Waals surface area contributed by atoms with E-state index < -0.39 is 10.1 Å². The van der Waals surface area contributed by atoms with Crippen LogP contribution < -0.4 is 0 Å².